The standard InChI is InChI=1S/C12H20N2OS/c1-8-9(2)15-12(14-8)7-13-10-5-4-6-11(10)16-3/h10-11,13H,4-7H2,1-3H3. The molecule has 4 heteroatoms. The first-order valence-corrected chi connectivity index (χ1v) is 7.18. The molecule has 16 heavy (non-hydrogen) atoms. The summed E-state index contributed by atoms with van der Waals surface area (Å²) in [5, 5.41) is 4.32. The molecular weight excluding hydrogens is 220 g/mol. The van der Waals surface area contributed by atoms with E-state index in [0.717, 1.165) is 29.1 Å². The van der Waals surface area contributed by atoms with Gasteiger partial charge in [0.2, 0.25) is 5.89 Å². The van der Waals surface area contributed by atoms with E-state index in [0.29, 0.717) is 6.04 Å². The molecule has 3 nitrogen and oxygen atoms in total. The molecule has 1 saturated carbocycles. The maximum absolute atomic E-state index is 5.56. The normalized spacial score (nSPS) is 25.2. The molecule has 1 aromatic heterocycles. The summed E-state index contributed by atoms with van der Waals surface area (Å²) < 4.78 is 5.56. The number of aromatic nitrogens is 1. The van der Waals surface area contributed by atoms with Gasteiger partial charge >= 0.3 is 0 Å². The first-order valence-electron chi connectivity index (χ1n) is 5.90. The summed E-state index contributed by atoms with van der Waals surface area (Å²) in [4.78, 5) is 4.39. The minimum atomic E-state index is 0.627. The van der Waals surface area contributed by atoms with Gasteiger partial charge < -0.3 is 9.73 Å². The molecule has 1 aliphatic carbocycles. The van der Waals surface area contributed by atoms with E-state index < -0.39 is 0 Å². The highest BCUT2D eigenvalue weighted by molar-refractivity contribution is 7.99. The van der Waals surface area contributed by atoms with Crippen molar-refractivity contribution in [2.75, 3.05) is 6.26 Å². The highest BCUT2D eigenvalue weighted by Crippen LogP contribution is 2.28. The number of nitrogens with one attached hydrogen (secondary N) is 1. The Bertz CT molecular complexity index is 331. The van der Waals surface area contributed by atoms with Gasteiger partial charge in [-0.25, -0.2) is 4.98 Å². The Kier molecular flexibility index (Phi) is 3.92. The van der Waals surface area contributed by atoms with E-state index in [9.17, 15) is 0 Å². The Labute approximate surface area is 101 Å². The molecule has 1 fully saturated rings. The second kappa shape index (κ2) is 5.23. The smallest absolute Gasteiger partial charge is 0.208 e. The molecule has 0 radical (unpaired) electrons. The van der Waals surface area contributed by atoms with Crippen LogP contribution in [-0.2, 0) is 6.54 Å². The lowest BCUT2D eigenvalue weighted by atomic mass is 10.2. The van der Waals surface area contributed by atoms with Crippen molar-refractivity contribution in [3.63, 3.8) is 0 Å². The predicted octanol–water partition coefficient (Wildman–Crippen LogP) is 2.67. The summed E-state index contributed by atoms with van der Waals surface area (Å²) in [5.41, 5.74) is 1.00. The summed E-state index contributed by atoms with van der Waals surface area (Å²) in [6.45, 7) is 4.71. The molecular formula is C12H20N2OS. The molecule has 2 unspecified atom stereocenters. The number of hydrogen-bond acceptors (Lipinski definition) is 4. The average Bonchev–Trinajstić information content (AvgIpc) is 2.83. The van der Waals surface area contributed by atoms with Crippen LogP contribution in [0.5, 0.6) is 0 Å². The number of thioether (sulfide) groups is 1. The van der Waals surface area contributed by atoms with Crippen LogP contribution in [0.3, 0.4) is 0 Å². The lowest BCUT2D eigenvalue weighted by molar-refractivity contribution is 0.424. The Hall–Kier alpha value is -0.480. The van der Waals surface area contributed by atoms with Gasteiger partial charge in [-0.1, -0.05) is 6.42 Å². The van der Waals surface area contributed by atoms with Crippen molar-refractivity contribution in [1.82, 2.24) is 10.3 Å². The molecule has 0 aliphatic heterocycles. The van der Waals surface area contributed by atoms with Gasteiger partial charge in [-0.3, -0.25) is 0 Å². The molecule has 2 rings (SSSR count). The van der Waals surface area contributed by atoms with Crippen LogP contribution >= 0.6 is 11.8 Å². The minimum Gasteiger partial charge on any atom is -0.444 e. The number of nitrogens with zero attached hydrogens (tertiary/aromatic N) is 1. The topological polar surface area (TPSA) is 38.1 Å². The molecule has 1 aliphatic rings. The first kappa shape index (κ1) is 12.0. The molecule has 1 N–H and O–H groups in total. The van der Waals surface area contributed by atoms with Crippen LogP contribution in [0, 0.1) is 13.8 Å². The fourth-order valence-electron chi connectivity index (χ4n) is 2.27. The van der Waals surface area contributed by atoms with Crippen molar-refractivity contribution in [3.05, 3.63) is 17.3 Å². The molecule has 0 amide bonds. The van der Waals surface area contributed by atoms with Gasteiger partial charge in [0.1, 0.15) is 5.76 Å². The van der Waals surface area contributed by atoms with Crippen LogP contribution in [0.2, 0.25) is 0 Å². The molecule has 1 aromatic rings. The monoisotopic (exact) mass is 240 g/mol. The lowest BCUT2D eigenvalue weighted by Gasteiger charge is -2.17. The van der Waals surface area contributed by atoms with Gasteiger partial charge in [0.25, 0.3) is 0 Å². The van der Waals surface area contributed by atoms with Crippen LogP contribution < -0.4 is 5.32 Å². The van der Waals surface area contributed by atoms with Crippen LogP contribution in [0.1, 0.15) is 36.6 Å². The van der Waals surface area contributed by atoms with Crippen molar-refractivity contribution in [1.29, 1.82) is 0 Å². The molecule has 2 atom stereocenters. The zero-order valence-electron chi connectivity index (χ0n) is 10.2. The van der Waals surface area contributed by atoms with Crippen LogP contribution in [0.15, 0.2) is 4.42 Å². The maximum Gasteiger partial charge on any atom is 0.208 e. The average molecular weight is 240 g/mol. The Morgan fingerprint density at radius 3 is 2.88 bits per heavy atom. The van der Waals surface area contributed by atoms with Crippen molar-refractivity contribution in [2.45, 2.75) is 50.9 Å². The third-order valence-electron chi connectivity index (χ3n) is 3.34. The van der Waals surface area contributed by atoms with Gasteiger partial charge in [-0.15, -0.1) is 0 Å². The van der Waals surface area contributed by atoms with Gasteiger partial charge in [0.05, 0.1) is 12.2 Å². The highest BCUT2D eigenvalue weighted by atomic mass is 32.2. The highest BCUT2D eigenvalue weighted by Gasteiger charge is 2.26. The van der Waals surface area contributed by atoms with Crippen LogP contribution in [0.25, 0.3) is 0 Å². The zero-order valence-corrected chi connectivity index (χ0v) is 11.1. The van der Waals surface area contributed by atoms with Crippen LogP contribution in [-0.4, -0.2) is 22.5 Å². The van der Waals surface area contributed by atoms with Gasteiger partial charge in [-0.2, -0.15) is 11.8 Å². The molecule has 0 aromatic carbocycles. The van der Waals surface area contributed by atoms with E-state index in [2.05, 4.69) is 16.6 Å². The largest absolute Gasteiger partial charge is 0.444 e. The maximum atomic E-state index is 5.56. The SMILES string of the molecule is CSC1CCCC1NCc1nc(C)c(C)o1. The molecule has 0 spiro atoms. The fourth-order valence-corrected chi connectivity index (χ4v) is 3.24. The number of aryl methyl sites for hydroxylation is 2. The Morgan fingerprint density at radius 2 is 2.25 bits per heavy atom. The number of hydrogen-bond donors (Lipinski definition) is 1. The molecule has 0 bridgehead atoms. The first-order chi connectivity index (χ1) is 7.70. The van der Waals surface area contributed by atoms with E-state index >= 15 is 0 Å². The third kappa shape index (κ3) is 2.61. The second-order valence-corrected chi connectivity index (χ2v) is 5.52. The van der Waals surface area contributed by atoms with E-state index in [1.807, 2.05) is 25.6 Å². The van der Waals surface area contributed by atoms with E-state index in [4.69, 9.17) is 4.42 Å². The Morgan fingerprint density at radius 1 is 1.44 bits per heavy atom. The van der Waals surface area contributed by atoms with Crippen molar-refractivity contribution >= 4 is 11.8 Å². The van der Waals surface area contributed by atoms with E-state index in [1.54, 1.807) is 0 Å². The second-order valence-electron chi connectivity index (χ2n) is 4.44. The summed E-state index contributed by atoms with van der Waals surface area (Å²) in [5.74, 6) is 1.76. The third-order valence-corrected chi connectivity index (χ3v) is 4.51. The van der Waals surface area contributed by atoms with E-state index in [-0.39, 0.29) is 0 Å². The van der Waals surface area contributed by atoms with E-state index in [1.165, 1.54) is 19.3 Å². The minimum absolute atomic E-state index is 0.627. The van der Waals surface area contributed by atoms with Crippen molar-refractivity contribution < 1.29 is 4.42 Å². The molecule has 90 valence electrons. The fraction of sp³-hybridized carbons (Fsp3) is 0.750. The summed E-state index contributed by atoms with van der Waals surface area (Å²) in [6, 6.07) is 0.627. The summed E-state index contributed by atoms with van der Waals surface area (Å²) in [6.07, 6.45) is 6.16. The molecule has 0 saturated heterocycles. The number of oxazole rings is 1. The predicted molar refractivity (Wildman–Crippen MR) is 67.8 cm³/mol. The zero-order chi connectivity index (χ0) is 11.5. The van der Waals surface area contributed by atoms with Gasteiger partial charge in [-0.05, 0) is 32.9 Å². The van der Waals surface area contributed by atoms with Crippen LogP contribution in [0.4, 0.5) is 0 Å². The van der Waals surface area contributed by atoms with Gasteiger partial charge in [0.15, 0.2) is 0 Å². The number of rotatable bonds is 4. The molecule has 1 heterocycles. The quantitative estimate of drug-likeness (QED) is 0.878. The summed E-state index contributed by atoms with van der Waals surface area (Å²) >= 11 is 1.97. The van der Waals surface area contributed by atoms with Crippen molar-refractivity contribution in [2.24, 2.45) is 0 Å². The summed E-state index contributed by atoms with van der Waals surface area (Å²) in [7, 11) is 0. The van der Waals surface area contributed by atoms with Crippen molar-refractivity contribution in [3.8, 4) is 0 Å². The Balaban J connectivity index is 1.87. The lowest BCUT2D eigenvalue weighted by Crippen LogP contribution is -2.33. The van der Waals surface area contributed by atoms with Gasteiger partial charge in [0, 0.05) is 11.3 Å².